The Hall–Kier alpha value is -1.30. The first-order valence-electron chi connectivity index (χ1n) is 5.70. The Labute approximate surface area is 111 Å². The van der Waals surface area contributed by atoms with E-state index in [-0.39, 0.29) is 11.3 Å². The number of hydrogen-bond acceptors (Lipinski definition) is 4. The summed E-state index contributed by atoms with van der Waals surface area (Å²) in [7, 11) is -3.13. The number of nitro benzene ring substituents is 1. The van der Waals surface area contributed by atoms with Gasteiger partial charge in [0, 0.05) is 11.6 Å². The number of non-ortho nitro benzene ring substituents is 1. The molecule has 1 aromatic rings. The average Bonchev–Trinajstić information content (AvgIpc) is 2.37. The lowest BCUT2D eigenvalue weighted by Crippen LogP contribution is -1.94. The van der Waals surface area contributed by atoms with Gasteiger partial charge in [-0.05, 0) is 6.07 Å². The molecular weight excluding hydrogens is 276 g/mol. The maximum atomic E-state index is 13.1. The van der Waals surface area contributed by atoms with Crippen LogP contribution >= 0.6 is 8.25 Å². The fraction of sp³-hybridized carbons (Fsp3) is 0.455. The molecule has 0 spiro atoms. The molecule has 1 N–H and O–H groups in total. The van der Waals surface area contributed by atoms with Gasteiger partial charge in [0.25, 0.3) is 5.69 Å². The molecule has 0 heterocycles. The molecule has 0 aliphatic heterocycles. The van der Waals surface area contributed by atoms with Crippen LogP contribution in [0.5, 0.6) is 0 Å². The maximum Gasteiger partial charge on any atom is 0.316 e. The normalized spacial score (nSPS) is 11.4. The minimum Gasteiger partial charge on any atom is -0.326 e. The second-order valence-electron chi connectivity index (χ2n) is 3.59. The summed E-state index contributed by atoms with van der Waals surface area (Å²) in [5.41, 5.74) is -0.388. The zero-order chi connectivity index (χ0) is 14.8. The van der Waals surface area contributed by atoms with Gasteiger partial charge in [-0.25, -0.2) is 4.39 Å². The largest absolute Gasteiger partial charge is 0.326 e. The van der Waals surface area contributed by atoms with Gasteiger partial charge < -0.3 is 9.42 Å². The minimum atomic E-state index is -3.13. The molecular formula is C11H17FNO5P. The second kappa shape index (κ2) is 9.61. The summed E-state index contributed by atoms with van der Waals surface area (Å²) in [5, 5.41) is 10.3. The van der Waals surface area contributed by atoms with Crippen LogP contribution in [0.1, 0.15) is 32.3 Å². The molecule has 0 aromatic heterocycles. The molecule has 1 aromatic carbocycles. The fourth-order valence-corrected chi connectivity index (χ4v) is 1.19. The summed E-state index contributed by atoms with van der Waals surface area (Å²) in [4.78, 5) is 17.9. The van der Waals surface area contributed by atoms with Crippen molar-refractivity contribution in [3.63, 3.8) is 0 Å². The number of hydrogen-bond donors (Lipinski definition) is 1. The number of nitro groups is 1. The second-order valence-corrected chi connectivity index (χ2v) is 4.41. The average molecular weight is 293 g/mol. The third kappa shape index (κ3) is 7.66. The third-order valence-electron chi connectivity index (χ3n) is 2.10. The van der Waals surface area contributed by atoms with Crippen LogP contribution in [0.4, 0.5) is 10.1 Å². The van der Waals surface area contributed by atoms with Gasteiger partial charge in [0.15, 0.2) is 0 Å². The van der Waals surface area contributed by atoms with Crippen molar-refractivity contribution in [3.05, 3.63) is 39.7 Å². The van der Waals surface area contributed by atoms with Crippen LogP contribution in [-0.2, 0) is 15.7 Å². The Kier molecular flexibility index (Phi) is 8.95. The smallest absolute Gasteiger partial charge is 0.316 e. The Morgan fingerprint density at radius 3 is 2.37 bits per heavy atom. The van der Waals surface area contributed by atoms with E-state index >= 15 is 0 Å². The Morgan fingerprint density at radius 2 is 2.00 bits per heavy atom. The molecule has 0 saturated heterocycles. The number of unbranched alkanes of at least 4 members (excludes halogenated alkanes) is 1. The van der Waals surface area contributed by atoms with Crippen LogP contribution in [0.25, 0.3) is 0 Å². The third-order valence-corrected chi connectivity index (χ3v) is 2.49. The first kappa shape index (κ1) is 17.7. The van der Waals surface area contributed by atoms with Crippen molar-refractivity contribution in [3.8, 4) is 0 Å². The predicted octanol–water partition coefficient (Wildman–Crippen LogP) is 3.44. The lowest BCUT2D eigenvalue weighted by molar-refractivity contribution is -0.385. The summed E-state index contributed by atoms with van der Waals surface area (Å²) in [6.07, 6.45) is 2.64. The van der Waals surface area contributed by atoms with Crippen LogP contribution < -0.4 is 0 Å². The van der Waals surface area contributed by atoms with Crippen molar-refractivity contribution in [2.45, 2.75) is 33.3 Å². The van der Waals surface area contributed by atoms with Gasteiger partial charge >= 0.3 is 8.25 Å². The van der Waals surface area contributed by atoms with Gasteiger partial charge in [0.1, 0.15) is 5.82 Å². The summed E-state index contributed by atoms with van der Waals surface area (Å²) in [6, 6.07) is 2.96. The highest BCUT2D eigenvalue weighted by Gasteiger charge is 2.10. The number of nitrogens with zero attached hydrogens (tertiary/aromatic N) is 1. The van der Waals surface area contributed by atoms with Crippen molar-refractivity contribution < 1.29 is 23.3 Å². The quantitative estimate of drug-likeness (QED) is 0.510. The summed E-state index contributed by atoms with van der Waals surface area (Å²) < 4.78 is 27.6. The number of rotatable bonds is 5. The zero-order valence-electron chi connectivity index (χ0n) is 10.8. The first-order chi connectivity index (χ1) is 8.92. The van der Waals surface area contributed by atoms with Crippen molar-refractivity contribution in [1.82, 2.24) is 0 Å². The van der Waals surface area contributed by atoms with Crippen molar-refractivity contribution >= 4 is 13.9 Å². The van der Waals surface area contributed by atoms with Gasteiger partial charge in [0.2, 0.25) is 0 Å². The van der Waals surface area contributed by atoms with Crippen molar-refractivity contribution in [1.29, 1.82) is 0 Å². The van der Waals surface area contributed by atoms with Crippen molar-refractivity contribution in [2.75, 3.05) is 0 Å². The molecule has 0 saturated carbocycles. The van der Waals surface area contributed by atoms with E-state index in [2.05, 4.69) is 18.4 Å². The zero-order valence-corrected chi connectivity index (χ0v) is 11.8. The summed E-state index contributed by atoms with van der Waals surface area (Å²) in [6.45, 7) is 3.97. The van der Waals surface area contributed by atoms with E-state index in [9.17, 15) is 19.1 Å². The molecule has 1 rings (SSSR count). The van der Waals surface area contributed by atoms with E-state index in [1.165, 1.54) is 12.8 Å². The van der Waals surface area contributed by atoms with Gasteiger partial charge in [-0.15, -0.1) is 0 Å². The van der Waals surface area contributed by atoms with Crippen molar-refractivity contribution in [2.24, 2.45) is 0 Å². The van der Waals surface area contributed by atoms with Gasteiger partial charge in [-0.3, -0.25) is 14.7 Å². The molecule has 0 radical (unpaired) electrons. The highest BCUT2D eigenvalue weighted by Crippen LogP contribution is 2.22. The Morgan fingerprint density at radius 1 is 1.42 bits per heavy atom. The van der Waals surface area contributed by atoms with E-state index in [1.54, 1.807) is 0 Å². The maximum absolute atomic E-state index is 13.1. The van der Waals surface area contributed by atoms with E-state index < -0.39 is 25.6 Å². The highest BCUT2D eigenvalue weighted by molar-refractivity contribution is 7.32. The molecule has 0 aliphatic carbocycles. The molecule has 0 bridgehead atoms. The standard InChI is InChI=1S/C7H7FNO5P.C4H10/c8-7-3-6(9(10)11)2-1-5(7)4-14-15(12)13;1-3-4-2/h1-3,15H,4H2,(H,12,13);3-4H2,1-2H3. The molecule has 8 heteroatoms. The van der Waals surface area contributed by atoms with Crippen LogP contribution in [0.2, 0.25) is 0 Å². The lowest BCUT2D eigenvalue weighted by atomic mass is 10.2. The monoisotopic (exact) mass is 293 g/mol. The van der Waals surface area contributed by atoms with E-state index in [1.807, 2.05) is 0 Å². The highest BCUT2D eigenvalue weighted by atomic mass is 31.1. The van der Waals surface area contributed by atoms with Crippen LogP contribution in [0.15, 0.2) is 18.2 Å². The summed E-state index contributed by atoms with van der Waals surface area (Å²) in [5.74, 6) is -0.840. The number of halogens is 1. The first-order valence-corrected chi connectivity index (χ1v) is 6.97. The van der Waals surface area contributed by atoms with Gasteiger partial charge in [0.05, 0.1) is 17.6 Å². The minimum absolute atomic E-state index is 0.00648. The molecule has 108 valence electrons. The van der Waals surface area contributed by atoms with E-state index in [4.69, 9.17) is 4.89 Å². The summed E-state index contributed by atoms with van der Waals surface area (Å²) >= 11 is 0. The predicted molar refractivity (Wildman–Crippen MR) is 69.6 cm³/mol. The molecule has 0 fully saturated rings. The molecule has 1 atom stereocenters. The number of benzene rings is 1. The topological polar surface area (TPSA) is 89.7 Å². The molecule has 0 aliphatic rings. The Bertz CT molecular complexity index is 439. The Balaban J connectivity index is 0.000000711. The molecule has 1 unspecified atom stereocenters. The van der Waals surface area contributed by atoms with E-state index in [0.717, 1.165) is 18.2 Å². The molecule has 6 nitrogen and oxygen atoms in total. The van der Waals surface area contributed by atoms with Crippen LogP contribution in [-0.4, -0.2) is 9.82 Å². The SMILES string of the molecule is CCCC.O=[N+]([O-])c1ccc(CO[PH](=O)O)c(F)c1. The van der Waals surface area contributed by atoms with Crippen LogP contribution in [0, 0.1) is 15.9 Å². The fourth-order valence-electron chi connectivity index (χ4n) is 0.906. The lowest BCUT2D eigenvalue weighted by Gasteiger charge is -2.01. The van der Waals surface area contributed by atoms with Gasteiger partial charge in [-0.2, -0.15) is 0 Å². The van der Waals surface area contributed by atoms with E-state index in [0.29, 0.717) is 0 Å². The van der Waals surface area contributed by atoms with Crippen LogP contribution in [0.3, 0.4) is 0 Å². The molecule has 0 amide bonds. The van der Waals surface area contributed by atoms with Gasteiger partial charge in [-0.1, -0.05) is 26.7 Å². The molecule has 19 heavy (non-hydrogen) atoms.